The van der Waals surface area contributed by atoms with E-state index < -0.39 is 0 Å². The van der Waals surface area contributed by atoms with Gasteiger partial charge in [0.2, 0.25) is 11.9 Å². The lowest BCUT2D eigenvalue weighted by atomic mass is 10.1. The van der Waals surface area contributed by atoms with Crippen molar-refractivity contribution in [2.75, 3.05) is 50.5 Å². The van der Waals surface area contributed by atoms with E-state index in [4.69, 9.17) is 4.98 Å². The summed E-state index contributed by atoms with van der Waals surface area (Å²) in [5.41, 5.74) is 2.26. The van der Waals surface area contributed by atoms with Crippen molar-refractivity contribution in [1.29, 1.82) is 0 Å². The van der Waals surface area contributed by atoms with E-state index in [1.807, 2.05) is 32.6 Å². The Morgan fingerprint density at radius 1 is 1.08 bits per heavy atom. The first kappa shape index (κ1) is 24.9. The molecule has 1 aliphatic carbocycles. The van der Waals surface area contributed by atoms with Gasteiger partial charge in [-0.3, -0.25) is 14.6 Å². The summed E-state index contributed by atoms with van der Waals surface area (Å²) in [4.78, 5) is 36.1. The maximum Gasteiger partial charge on any atom is 0.245 e. The van der Waals surface area contributed by atoms with Crippen molar-refractivity contribution in [1.82, 2.24) is 29.7 Å². The number of hydrogen-bond acceptors (Lipinski definition) is 8. The zero-order chi connectivity index (χ0) is 25.2. The molecule has 3 aliphatic rings. The molecule has 1 atom stereocenters. The lowest BCUT2D eigenvalue weighted by Gasteiger charge is -2.36. The van der Waals surface area contributed by atoms with Gasteiger partial charge in [-0.1, -0.05) is 18.9 Å². The minimum absolute atomic E-state index is 0.136. The third-order valence-electron chi connectivity index (χ3n) is 7.89. The Hall–Kier alpha value is -2.78. The molecule has 0 radical (unpaired) electrons. The van der Waals surface area contributed by atoms with E-state index in [9.17, 15) is 4.79 Å². The Morgan fingerprint density at radius 3 is 2.47 bits per heavy atom. The second kappa shape index (κ2) is 10.7. The van der Waals surface area contributed by atoms with E-state index in [0.717, 1.165) is 62.8 Å². The number of nitrogens with zero attached hydrogens (tertiary/aromatic N) is 7. The van der Waals surface area contributed by atoms with Crippen LogP contribution in [0.3, 0.4) is 0 Å². The van der Waals surface area contributed by atoms with Crippen LogP contribution >= 0.6 is 0 Å². The van der Waals surface area contributed by atoms with E-state index in [-0.39, 0.29) is 11.9 Å². The maximum absolute atomic E-state index is 13.0. The van der Waals surface area contributed by atoms with Crippen LogP contribution in [0.1, 0.15) is 50.7 Å². The lowest BCUT2D eigenvalue weighted by Crippen LogP contribution is -2.49. The Morgan fingerprint density at radius 2 is 1.83 bits per heavy atom. The van der Waals surface area contributed by atoms with E-state index in [1.54, 1.807) is 4.90 Å². The van der Waals surface area contributed by atoms with Gasteiger partial charge in [0.25, 0.3) is 0 Å². The van der Waals surface area contributed by atoms with Crippen molar-refractivity contribution in [2.45, 2.75) is 70.6 Å². The van der Waals surface area contributed by atoms with Gasteiger partial charge in [0.1, 0.15) is 17.7 Å². The number of likely N-dealkylation sites (N-methyl/N-ethyl adjacent to an activating group) is 1. The molecule has 9 nitrogen and oxygen atoms in total. The standard InChI is InChI=1S/C27H40N8O/c1-19(2)34-13-11-33(12-14-34)18-20-9-10-24(28-16-20)30-27-29-17-21-15-23(26(36)32(3)4)35(25(21)31-27)22-7-5-6-8-22/h9-10,16-17,19,22-23H,5-8,11-15,18H2,1-4H3,(H,28,29,30,31). The number of anilines is 3. The second-order valence-electron chi connectivity index (χ2n) is 10.9. The SMILES string of the molecule is CC(C)N1CCN(Cc2ccc(Nc3ncc4c(n3)N(C3CCCC3)C(C(=O)N(C)C)C4)nc2)CC1. The van der Waals surface area contributed by atoms with Crippen LogP contribution in [0.2, 0.25) is 0 Å². The van der Waals surface area contributed by atoms with Gasteiger partial charge in [0.05, 0.1) is 0 Å². The van der Waals surface area contributed by atoms with Crippen molar-refractivity contribution in [3.63, 3.8) is 0 Å². The van der Waals surface area contributed by atoms with Crippen LogP contribution in [0, 0.1) is 0 Å². The fraction of sp³-hybridized carbons (Fsp3) is 0.630. The van der Waals surface area contributed by atoms with Gasteiger partial charge >= 0.3 is 0 Å². The average Bonchev–Trinajstić information content (AvgIpc) is 3.52. The van der Waals surface area contributed by atoms with Crippen LogP contribution < -0.4 is 10.2 Å². The summed E-state index contributed by atoms with van der Waals surface area (Å²) in [5.74, 6) is 2.29. The first-order valence-corrected chi connectivity index (χ1v) is 13.4. The largest absolute Gasteiger partial charge is 0.347 e. The summed E-state index contributed by atoms with van der Waals surface area (Å²) >= 11 is 0. The van der Waals surface area contributed by atoms with Gasteiger partial charge < -0.3 is 15.1 Å². The minimum atomic E-state index is -0.192. The number of pyridine rings is 1. The third kappa shape index (κ3) is 5.32. The maximum atomic E-state index is 13.0. The fourth-order valence-electron chi connectivity index (χ4n) is 5.80. The Bertz CT molecular complexity index is 1040. The smallest absolute Gasteiger partial charge is 0.245 e. The van der Waals surface area contributed by atoms with Gasteiger partial charge in [0.15, 0.2) is 0 Å². The monoisotopic (exact) mass is 492 g/mol. The predicted octanol–water partition coefficient (Wildman–Crippen LogP) is 2.90. The van der Waals surface area contributed by atoms with Crippen LogP contribution in [0.15, 0.2) is 24.5 Å². The fourth-order valence-corrected chi connectivity index (χ4v) is 5.80. The predicted molar refractivity (Wildman–Crippen MR) is 142 cm³/mol. The first-order chi connectivity index (χ1) is 17.4. The molecule has 0 bridgehead atoms. The Balaban J connectivity index is 1.25. The molecule has 2 aliphatic heterocycles. The molecular weight excluding hydrogens is 452 g/mol. The molecule has 1 saturated heterocycles. The molecule has 1 saturated carbocycles. The summed E-state index contributed by atoms with van der Waals surface area (Å²) in [6.45, 7) is 9.89. The van der Waals surface area contributed by atoms with E-state index in [2.05, 4.69) is 49.9 Å². The van der Waals surface area contributed by atoms with Gasteiger partial charge in [-0.2, -0.15) is 4.98 Å². The minimum Gasteiger partial charge on any atom is -0.347 e. The Labute approximate surface area is 214 Å². The summed E-state index contributed by atoms with van der Waals surface area (Å²) in [5, 5.41) is 3.29. The zero-order valence-electron chi connectivity index (χ0n) is 22.2. The summed E-state index contributed by atoms with van der Waals surface area (Å²) in [6.07, 6.45) is 9.12. The van der Waals surface area contributed by atoms with Crippen molar-refractivity contribution in [2.24, 2.45) is 0 Å². The summed E-state index contributed by atoms with van der Waals surface area (Å²) in [7, 11) is 3.66. The molecule has 36 heavy (non-hydrogen) atoms. The van der Waals surface area contributed by atoms with Gasteiger partial charge in [-0.25, -0.2) is 9.97 Å². The molecule has 2 aromatic rings. The molecule has 4 heterocycles. The molecule has 9 heteroatoms. The van der Waals surface area contributed by atoms with Crippen molar-refractivity contribution >= 4 is 23.5 Å². The highest BCUT2D eigenvalue weighted by Crippen LogP contribution is 2.38. The molecule has 1 unspecified atom stereocenters. The van der Waals surface area contributed by atoms with Crippen LogP contribution in [0.4, 0.5) is 17.6 Å². The topological polar surface area (TPSA) is 80.7 Å². The Kier molecular flexibility index (Phi) is 7.39. The second-order valence-corrected chi connectivity index (χ2v) is 10.9. The van der Waals surface area contributed by atoms with E-state index in [1.165, 1.54) is 18.4 Å². The quantitative estimate of drug-likeness (QED) is 0.632. The molecule has 1 amide bonds. The van der Waals surface area contributed by atoms with Gasteiger partial charge in [0, 0.05) is 83.3 Å². The lowest BCUT2D eigenvalue weighted by molar-refractivity contribution is -0.130. The molecular formula is C27H40N8O. The summed E-state index contributed by atoms with van der Waals surface area (Å²) in [6, 6.07) is 4.92. The van der Waals surface area contributed by atoms with Gasteiger partial charge in [-0.15, -0.1) is 0 Å². The number of amides is 1. The molecule has 0 spiro atoms. The van der Waals surface area contributed by atoms with E-state index in [0.29, 0.717) is 24.5 Å². The summed E-state index contributed by atoms with van der Waals surface area (Å²) < 4.78 is 0. The number of hydrogen-bond donors (Lipinski definition) is 1. The van der Waals surface area contributed by atoms with E-state index >= 15 is 0 Å². The van der Waals surface area contributed by atoms with Crippen LogP contribution in [-0.4, -0.2) is 94.0 Å². The van der Waals surface area contributed by atoms with Crippen molar-refractivity contribution < 1.29 is 4.79 Å². The van der Waals surface area contributed by atoms with Crippen molar-refractivity contribution in [3.8, 4) is 0 Å². The van der Waals surface area contributed by atoms with Gasteiger partial charge in [-0.05, 0) is 38.3 Å². The average molecular weight is 493 g/mol. The molecule has 2 fully saturated rings. The highest BCUT2D eigenvalue weighted by molar-refractivity contribution is 5.87. The first-order valence-electron chi connectivity index (χ1n) is 13.4. The van der Waals surface area contributed by atoms with Crippen LogP contribution in [0.25, 0.3) is 0 Å². The number of piperazine rings is 1. The van der Waals surface area contributed by atoms with Crippen LogP contribution in [-0.2, 0) is 17.8 Å². The molecule has 0 aromatic carbocycles. The molecule has 1 N–H and O–H groups in total. The molecule has 5 rings (SSSR count). The molecule has 2 aromatic heterocycles. The number of nitrogens with one attached hydrogen (secondary N) is 1. The van der Waals surface area contributed by atoms with Crippen LogP contribution in [0.5, 0.6) is 0 Å². The number of rotatable bonds is 7. The number of carbonyl (C=O) groups excluding carboxylic acids is 1. The number of fused-ring (bicyclic) bond motifs is 1. The number of carbonyl (C=O) groups is 1. The zero-order valence-corrected chi connectivity index (χ0v) is 22.2. The third-order valence-corrected chi connectivity index (χ3v) is 7.89. The highest BCUT2D eigenvalue weighted by Gasteiger charge is 2.41. The van der Waals surface area contributed by atoms with Crippen molar-refractivity contribution in [3.05, 3.63) is 35.7 Å². The normalized spacial score (nSPS) is 21.2. The molecule has 194 valence electrons. The number of aromatic nitrogens is 3. The highest BCUT2D eigenvalue weighted by atomic mass is 16.2.